The van der Waals surface area contributed by atoms with Gasteiger partial charge in [0.25, 0.3) is 0 Å². The Labute approximate surface area is 194 Å². The van der Waals surface area contributed by atoms with Crippen LogP contribution in [-0.4, -0.2) is 44.9 Å². The molecule has 162 valence electrons. The third-order valence-electron chi connectivity index (χ3n) is 4.19. The van der Waals surface area contributed by atoms with Gasteiger partial charge in [0.05, 0.1) is 18.1 Å². The van der Waals surface area contributed by atoms with Crippen LogP contribution in [0.5, 0.6) is 0 Å². The zero-order valence-electron chi connectivity index (χ0n) is 16.8. The van der Waals surface area contributed by atoms with E-state index in [0.717, 1.165) is 11.1 Å². The average molecular weight is 552 g/mol. The molecule has 29 heavy (non-hydrogen) atoms. The first-order chi connectivity index (χ1) is 13.3. The largest absolute Gasteiger partial charge is 0.383 e. The zero-order valence-corrected chi connectivity index (χ0v) is 20.8. The maximum Gasteiger partial charge on any atom is 0.191 e. The molecule has 1 aromatic carbocycles. The summed E-state index contributed by atoms with van der Waals surface area (Å²) in [4.78, 5) is 4.44. The number of sulfone groups is 1. The van der Waals surface area contributed by atoms with Crippen molar-refractivity contribution in [3.63, 3.8) is 0 Å². The number of rotatable bonds is 10. The summed E-state index contributed by atoms with van der Waals surface area (Å²) in [6, 6.07) is 11.1. The third-order valence-corrected chi connectivity index (χ3v) is 6.55. The smallest absolute Gasteiger partial charge is 0.191 e. The summed E-state index contributed by atoms with van der Waals surface area (Å²) in [6.07, 6.45) is 0.487. The van der Waals surface area contributed by atoms with E-state index in [-0.39, 0.29) is 42.0 Å². The molecule has 1 aromatic heterocycles. The lowest BCUT2D eigenvalue weighted by atomic mass is 10.00. The molecule has 0 saturated carbocycles. The van der Waals surface area contributed by atoms with Crippen molar-refractivity contribution in [2.24, 2.45) is 4.99 Å². The van der Waals surface area contributed by atoms with Gasteiger partial charge in [0, 0.05) is 13.1 Å². The van der Waals surface area contributed by atoms with E-state index in [1.54, 1.807) is 6.92 Å². The Morgan fingerprint density at radius 3 is 2.55 bits per heavy atom. The van der Waals surface area contributed by atoms with Crippen LogP contribution in [0.4, 0.5) is 0 Å². The molecule has 3 N–H and O–H groups in total. The quantitative estimate of drug-likeness (QED) is 0.183. The SMILES string of the molecule is CCNC(=NCC(C)(O)c1ccsc1)NCCCS(=O)(=O)Cc1ccccc1.I. The van der Waals surface area contributed by atoms with E-state index in [4.69, 9.17) is 0 Å². The fourth-order valence-corrected chi connectivity index (χ4v) is 4.85. The second kappa shape index (κ2) is 12.5. The molecule has 0 radical (unpaired) electrons. The van der Waals surface area contributed by atoms with Crippen LogP contribution in [0, 0.1) is 0 Å². The van der Waals surface area contributed by atoms with Gasteiger partial charge in [-0.25, -0.2) is 13.4 Å². The average Bonchev–Trinajstić information content (AvgIpc) is 3.19. The lowest BCUT2D eigenvalue weighted by molar-refractivity contribution is 0.0677. The van der Waals surface area contributed by atoms with Gasteiger partial charge in [0.15, 0.2) is 15.8 Å². The van der Waals surface area contributed by atoms with Gasteiger partial charge in [-0.05, 0) is 48.2 Å². The van der Waals surface area contributed by atoms with Crippen molar-refractivity contribution in [1.82, 2.24) is 10.6 Å². The van der Waals surface area contributed by atoms with Gasteiger partial charge in [-0.1, -0.05) is 30.3 Å². The van der Waals surface area contributed by atoms with Gasteiger partial charge in [0.2, 0.25) is 0 Å². The summed E-state index contributed by atoms with van der Waals surface area (Å²) < 4.78 is 24.5. The summed E-state index contributed by atoms with van der Waals surface area (Å²) in [5, 5.41) is 20.7. The van der Waals surface area contributed by atoms with E-state index in [1.807, 2.05) is 54.1 Å². The molecule has 0 aliphatic heterocycles. The first-order valence-electron chi connectivity index (χ1n) is 9.34. The number of guanidine groups is 1. The van der Waals surface area contributed by atoms with E-state index in [1.165, 1.54) is 11.3 Å². The van der Waals surface area contributed by atoms with Crippen LogP contribution in [0.25, 0.3) is 0 Å². The molecule has 0 spiro atoms. The van der Waals surface area contributed by atoms with Crippen molar-refractivity contribution in [3.8, 4) is 0 Å². The molecule has 2 rings (SSSR count). The molecule has 1 atom stereocenters. The first kappa shape index (κ1) is 25.9. The van der Waals surface area contributed by atoms with Crippen molar-refractivity contribution < 1.29 is 13.5 Å². The summed E-state index contributed by atoms with van der Waals surface area (Å²) >= 11 is 1.53. The summed E-state index contributed by atoms with van der Waals surface area (Å²) in [6.45, 7) is 5.07. The summed E-state index contributed by atoms with van der Waals surface area (Å²) in [7, 11) is -3.15. The second-order valence-electron chi connectivity index (χ2n) is 6.84. The molecular formula is C20H30IN3O3S2. The van der Waals surface area contributed by atoms with Gasteiger partial charge in [-0.15, -0.1) is 24.0 Å². The minimum atomic E-state index is -3.15. The minimum absolute atomic E-state index is 0. The second-order valence-corrected chi connectivity index (χ2v) is 9.80. The number of aliphatic hydroxyl groups is 1. The van der Waals surface area contributed by atoms with Gasteiger partial charge in [-0.3, -0.25) is 0 Å². The van der Waals surface area contributed by atoms with Crippen LogP contribution in [0.1, 0.15) is 31.4 Å². The van der Waals surface area contributed by atoms with Gasteiger partial charge in [-0.2, -0.15) is 11.3 Å². The topological polar surface area (TPSA) is 90.8 Å². The Bertz CT molecular complexity index is 839. The highest BCUT2D eigenvalue weighted by Crippen LogP contribution is 2.23. The number of benzene rings is 1. The highest BCUT2D eigenvalue weighted by molar-refractivity contribution is 14.0. The molecule has 2 aromatic rings. The molecule has 1 heterocycles. The van der Waals surface area contributed by atoms with Crippen molar-refractivity contribution in [2.75, 3.05) is 25.4 Å². The molecule has 0 aliphatic rings. The van der Waals surface area contributed by atoms with Crippen LogP contribution in [0.15, 0.2) is 52.2 Å². The summed E-state index contributed by atoms with van der Waals surface area (Å²) in [5.74, 6) is 0.741. The normalized spacial score (nSPS) is 14.0. The van der Waals surface area contributed by atoms with E-state index < -0.39 is 15.4 Å². The molecular weight excluding hydrogens is 521 g/mol. The number of nitrogens with zero attached hydrogens (tertiary/aromatic N) is 1. The fraction of sp³-hybridized carbons (Fsp3) is 0.450. The number of hydrogen-bond acceptors (Lipinski definition) is 5. The molecule has 0 amide bonds. The lowest BCUT2D eigenvalue weighted by Crippen LogP contribution is -2.39. The monoisotopic (exact) mass is 551 g/mol. The first-order valence-corrected chi connectivity index (χ1v) is 12.1. The van der Waals surface area contributed by atoms with Gasteiger partial charge >= 0.3 is 0 Å². The van der Waals surface area contributed by atoms with E-state index >= 15 is 0 Å². The molecule has 0 saturated heterocycles. The Balaban J connectivity index is 0.00000420. The Hall–Kier alpha value is -1.17. The Kier molecular flexibility index (Phi) is 11.2. The van der Waals surface area contributed by atoms with E-state index in [9.17, 15) is 13.5 Å². The predicted octanol–water partition coefficient (Wildman–Crippen LogP) is 3.13. The maximum atomic E-state index is 12.3. The predicted molar refractivity (Wildman–Crippen MR) is 132 cm³/mol. The number of hydrogen-bond donors (Lipinski definition) is 3. The van der Waals surface area contributed by atoms with Crippen LogP contribution in [-0.2, 0) is 21.2 Å². The van der Waals surface area contributed by atoms with Crippen LogP contribution in [0.2, 0.25) is 0 Å². The van der Waals surface area contributed by atoms with Crippen molar-refractivity contribution in [3.05, 3.63) is 58.3 Å². The van der Waals surface area contributed by atoms with Crippen LogP contribution >= 0.6 is 35.3 Å². The number of thiophene rings is 1. The van der Waals surface area contributed by atoms with Gasteiger partial charge in [0.1, 0.15) is 5.60 Å². The van der Waals surface area contributed by atoms with E-state index in [0.29, 0.717) is 25.5 Å². The molecule has 0 fully saturated rings. The Morgan fingerprint density at radius 1 is 1.21 bits per heavy atom. The van der Waals surface area contributed by atoms with Crippen molar-refractivity contribution in [2.45, 2.75) is 31.6 Å². The lowest BCUT2D eigenvalue weighted by Gasteiger charge is -2.21. The maximum absolute atomic E-state index is 12.3. The molecule has 9 heteroatoms. The van der Waals surface area contributed by atoms with Gasteiger partial charge < -0.3 is 15.7 Å². The molecule has 6 nitrogen and oxygen atoms in total. The minimum Gasteiger partial charge on any atom is -0.383 e. The van der Waals surface area contributed by atoms with E-state index in [2.05, 4.69) is 15.6 Å². The zero-order chi connectivity index (χ0) is 20.5. The summed E-state index contributed by atoms with van der Waals surface area (Å²) in [5.41, 5.74) is 0.603. The Morgan fingerprint density at radius 2 is 1.93 bits per heavy atom. The van der Waals surface area contributed by atoms with Crippen molar-refractivity contribution >= 4 is 51.1 Å². The highest BCUT2D eigenvalue weighted by atomic mass is 127. The van der Waals surface area contributed by atoms with Crippen molar-refractivity contribution in [1.29, 1.82) is 0 Å². The molecule has 0 bridgehead atoms. The molecule has 0 aliphatic carbocycles. The number of halogens is 1. The third kappa shape index (κ3) is 9.45. The number of nitrogens with one attached hydrogen (secondary N) is 2. The van der Waals surface area contributed by atoms with Crippen LogP contribution < -0.4 is 10.6 Å². The highest BCUT2D eigenvalue weighted by Gasteiger charge is 2.23. The van der Waals surface area contributed by atoms with Crippen LogP contribution in [0.3, 0.4) is 0 Å². The fourth-order valence-electron chi connectivity index (χ4n) is 2.64. The standard InChI is InChI=1S/C20H29N3O3S2.HI/c1-3-21-19(23-16-20(2,24)18-10-12-27-14-18)22-11-7-13-28(25,26)15-17-8-5-4-6-9-17;/h4-6,8-10,12,14,24H,3,7,11,13,15-16H2,1-2H3,(H2,21,22,23);1H. The molecule has 1 unspecified atom stereocenters. The number of aliphatic imine (C=N–C) groups is 1.